The Labute approximate surface area is 105 Å². The van der Waals surface area contributed by atoms with Crippen LogP contribution in [0.3, 0.4) is 0 Å². The largest absolute Gasteiger partial charge is 0.299 e. The summed E-state index contributed by atoms with van der Waals surface area (Å²) >= 11 is 0. The Balaban J connectivity index is 2.50. The van der Waals surface area contributed by atoms with Gasteiger partial charge < -0.3 is 0 Å². The molecule has 0 aliphatic rings. The summed E-state index contributed by atoms with van der Waals surface area (Å²) in [7, 11) is 0. The Morgan fingerprint density at radius 3 is 2.59 bits per heavy atom. The van der Waals surface area contributed by atoms with Crippen molar-refractivity contribution in [2.24, 2.45) is 0 Å². The van der Waals surface area contributed by atoms with Gasteiger partial charge in [-0.3, -0.25) is 4.79 Å². The molecule has 0 aliphatic carbocycles. The molecule has 0 spiro atoms. The van der Waals surface area contributed by atoms with Crippen LogP contribution >= 0.6 is 0 Å². The quantitative estimate of drug-likeness (QED) is 0.475. The summed E-state index contributed by atoms with van der Waals surface area (Å²) in [6.45, 7) is 5.77. The standard InChI is InChI=1S/C16H22O/c1-3-5-6-10-13-16(17)15(4-2)14-11-8-7-9-12-14/h3,7-9,11-12,15H,1,4-6,10,13H2,2H3. The van der Waals surface area contributed by atoms with Crippen LogP contribution in [0.15, 0.2) is 43.0 Å². The van der Waals surface area contributed by atoms with Crippen LogP contribution in [0.5, 0.6) is 0 Å². The van der Waals surface area contributed by atoms with Gasteiger partial charge >= 0.3 is 0 Å². The highest BCUT2D eigenvalue weighted by Crippen LogP contribution is 2.22. The van der Waals surface area contributed by atoms with Crippen LogP contribution < -0.4 is 0 Å². The summed E-state index contributed by atoms with van der Waals surface area (Å²) in [5, 5.41) is 0. The summed E-state index contributed by atoms with van der Waals surface area (Å²) < 4.78 is 0. The van der Waals surface area contributed by atoms with E-state index < -0.39 is 0 Å². The summed E-state index contributed by atoms with van der Waals surface area (Å²) in [4.78, 5) is 12.1. The van der Waals surface area contributed by atoms with E-state index in [-0.39, 0.29) is 5.92 Å². The van der Waals surface area contributed by atoms with E-state index in [0.29, 0.717) is 12.2 Å². The van der Waals surface area contributed by atoms with Gasteiger partial charge in [-0.15, -0.1) is 6.58 Å². The normalized spacial score (nSPS) is 12.1. The first-order valence-electron chi connectivity index (χ1n) is 6.48. The van der Waals surface area contributed by atoms with E-state index in [1.54, 1.807) is 0 Å². The molecule has 1 atom stereocenters. The van der Waals surface area contributed by atoms with Crippen LogP contribution in [-0.2, 0) is 4.79 Å². The van der Waals surface area contributed by atoms with Gasteiger partial charge in [0.1, 0.15) is 5.78 Å². The fraction of sp³-hybridized carbons (Fsp3) is 0.438. The van der Waals surface area contributed by atoms with Gasteiger partial charge in [-0.25, -0.2) is 0 Å². The van der Waals surface area contributed by atoms with Crippen LogP contribution in [0.25, 0.3) is 0 Å². The number of ketones is 1. The molecule has 0 aliphatic heterocycles. The smallest absolute Gasteiger partial charge is 0.140 e. The van der Waals surface area contributed by atoms with Crippen LogP contribution in [0.4, 0.5) is 0 Å². The SMILES string of the molecule is C=CCCCCC(=O)C(CC)c1ccccc1. The number of Topliss-reactive ketones (excluding diaryl/α,β-unsaturated/α-hetero) is 1. The van der Waals surface area contributed by atoms with E-state index in [0.717, 1.165) is 31.2 Å². The van der Waals surface area contributed by atoms with Crippen molar-refractivity contribution in [1.82, 2.24) is 0 Å². The van der Waals surface area contributed by atoms with Gasteiger partial charge in [0.05, 0.1) is 0 Å². The van der Waals surface area contributed by atoms with E-state index in [1.807, 2.05) is 24.3 Å². The van der Waals surface area contributed by atoms with Gasteiger partial charge in [-0.2, -0.15) is 0 Å². The molecule has 1 nitrogen and oxygen atoms in total. The molecule has 17 heavy (non-hydrogen) atoms. The molecule has 0 saturated carbocycles. The minimum atomic E-state index is 0.0833. The van der Waals surface area contributed by atoms with Crippen molar-refractivity contribution in [2.75, 3.05) is 0 Å². The van der Waals surface area contributed by atoms with Crippen LogP contribution in [0.1, 0.15) is 50.5 Å². The predicted molar refractivity (Wildman–Crippen MR) is 73.1 cm³/mol. The summed E-state index contributed by atoms with van der Waals surface area (Å²) in [5.41, 5.74) is 1.16. The zero-order chi connectivity index (χ0) is 12.5. The molecule has 0 aromatic heterocycles. The number of hydrogen-bond donors (Lipinski definition) is 0. The molecular weight excluding hydrogens is 208 g/mol. The number of benzene rings is 1. The van der Waals surface area contributed by atoms with Gasteiger partial charge in [0.25, 0.3) is 0 Å². The Hall–Kier alpha value is -1.37. The second-order valence-corrected chi connectivity index (χ2v) is 4.37. The third-order valence-corrected chi connectivity index (χ3v) is 3.08. The predicted octanol–water partition coefficient (Wildman–Crippen LogP) is 4.50. The fourth-order valence-electron chi connectivity index (χ4n) is 2.10. The monoisotopic (exact) mass is 230 g/mol. The molecule has 0 amide bonds. The molecule has 0 N–H and O–H groups in total. The highest BCUT2D eigenvalue weighted by Gasteiger charge is 2.17. The van der Waals surface area contributed by atoms with E-state index in [2.05, 4.69) is 25.6 Å². The minimum absolute atomic E-state index is 0.0833. The highest BCUT2D eigenvalue weighted by atomic mass is 16.1. The first-order valence-corrected chi connectivity index (χ1v) is 6.48. The van der Waals surface area contributed by atoms with Gasteiger partial charge in [0, 0.05) is 12.3 Å². The number of rotatable bonds is 8. The summed E-state index contributed by atoms with van der Waals surface area (Å²) in [6.07, 6.45) is 6.56. The molecular formula is C16H22O. The Morgan fingerprint density at radius 2 is 2.00 bits per heavy atom. The van der Waals surface area contributed by atoms with Gasteiger partial charge in [0.2, 0.25) is 0 Å². The fourth-order valence-corrected chi connectivity index (χ4v) is 2.10. The number of allylic oxidation sites excluding steroid dienone is 1. The van der Waals surface area contributed by atoms with Crippen molar-refractivity contribution in [2.45, 2.75) is 44.9 Å². The number of unbranched alkanes of at least 4 members (excludes halogenated alkanes) is 2. The Kier molecular flexibility index (Phi) is 6.31. The van der Waals surface area contributed by atoms with Gasteiger partial charge in [-0.1, -0.05) is 43.3 Å². The third-order valence-electron chi connectivity index (χ3n) is 3.08. The maximum absolute atomic E-state index is 12.1. The van der Waals surface area contributed by atoms with Crippen molar-refractivity contribution in [1.29, 1.82) is 0 Å². The molecule has 1 aromatic rings. The van der Waals surface area contributed by atoms with Gasteiger partial charge in [0.15, 0.2) is 0 Å². The Bertz CT molecular complexity index is 340. The summed E-state index contributed by atoms with van der Waals surface area (Å²) in [6, 6.07) is 10.1. The van der Waals surface area contributed by atoms with Crippen LogP contribution in [0, 0.1) is 0 Å². The zero-order valence-corrected chi connectivity index (χ0v) is 10.7. The second kappa shape index (κ2) is 7.83. The molecule has 0 radical (unpaired) electrons. The number of carbonyl (C=O) groups is 1. The lowest BCUT2D eigenvalue weighted by molar-refractivity contribution is -0.120. The molecule has 92 valence electrons. The molecule has 1 aromatic carbocycles. The first kappa shape index (κ1) is 13.7. The zero-order valence-electron chi connectivity index (χ0n) is 10.7. The van der Waals surface area contributed by atoms with Crippen LogP contribution in [-0.4, -0.2) is 5.78 Å². The average molecular weight is 230 g/mol. The maximum Gasteiger partial charge on any atom is 0.140 e. The molecule has 1 rings (SSSR count). The van der Waals surface area contributed by atoms with Crippen molar-refractivity contribution in [3.05, 3.63) is 48.6 Å². The molecule has 0 saturated heterocycles. The summed E-state index contributed by atoms with van der Waals surface area (Å²) in [5.74, 6) is 0.461. The maximum atomic E-state index is 12.1. The van der Waals surface area contributed by atoms with E-state index in [1.165, 1.54) is 0 Å². The minimum Gasteiger partial charge on any atom is -0.299 e. The lowest BCUT2D eigenvalue weighted by Gasteiger charge is -2.13. The third kappa shape index (κ3) is 4.56. The molecule has 0 heterocycles. The molecule has 1 unspecified atom stereocenters. The van der Waals surface area contributed by atoms with Crippen LogP contribution in [0.2, 0.25) is 0 Å². The number of carbonyl (C=O) groups excluding carboxylic acids is 1. The van der Waals surface area contributed by atoms with E-state index in [9.17, 15) is 4.79 Å². The number of hydrogen-bond acceptors (Lipinski definition) is 1. The lowest BCUT2D eigenvalue weighted by Crippen LogP contribution is -2.11. The van der Waals surface area contributed by atoms with Gasteiger partial charge in [-0.05, 0) is 31.2 Å². The lowest BCUT2D eigenvalue weighted by atomic mass is 9.90. The first-order chi connectivity index (χ1) is 8.29. The molecule has 0 bridgehead atoms. The van der Waals surface area contributed by atoms with E-state index >= 15 is 0 Å². The van der Waals surface area contributed by atoms with Crippen molar-refractivity contribution in [3.8, 4) is 0 Å². The van der Waals surface area contributed by atoms with Crippen molar-refractivity contribution in [3.63, 3.8) is 0 Å². The topological polar surface area (TPSA) is 17.1 Å². The highest BCUT2D eigenvalue weighted by molar-refractivity contribution is 5.85. The molecule has 1 heteroatoms. The Morgan fingerprint density at radius 1 is 1.29 bits per heavy atom. The average Bonchev–Trinajstić information content (AvgIpc) is 2.37. The van der Waals surface area contributed by atoms with Crippen molar-refractivity contribution >= 4 is 5.78 Å². The van der Waals surface area contributed by atoms with E-state index in [4.69, 9.17) is 0 Å². The van der Waals surface area contributed by atoms with Crippen molar-refractivity contribution < 1.29 is 4.79 Å². The molecule has 0 fully saturated rings. The second-order valence-electron chi connectivity index (χ2n) is 4.37.